The van der Waals surface area contributed by atoms with Gasteiger partial charge in [-0.3, -0.25) is 14.9 Å². The first-order chi connectivity index (χ1) is 22.5. The van der Waals surface area contributed by atoms with E-state index in [4.69, 9.17) is 0 Å². The molecule has 0 radical (unpaired) electrons. The van der Waals surface area contributed by atoms with E-state index in [1.165, 1.54) is 40.5 Å². The molecule has 3 aromatic carbocycles. The lowest BCUT2D eigenvalue weighted by atomic mass is 9.95. The van der Waals surface area contributed by atoms with Crippen molar-refractivity contribution in [3.05, 3.63) is 118 Å². The molecule has 0 bridgehead atoms. The van der Waals surface area contributed by atoms with Crippen LogP contribution in [0.5, 0.6) is 0 Å². The van der Waals surface area contributed by atoms with Crippen molar-refractivity contribution < 1.29 is 19.8 Å². The lowest BCUT2D eigenvalue weighted by Gasteiger charge is -2.26. The maximum atomic E-state index is 13.2. The van der Waals surface area contributed by atoms with E-state index < -0.39 is 24.3 Å². The molecule has 2 aromatic heterocycles. The smallest absolute Gasteiger partial charge is 0.320 e. The first kappa shape index (κ1) is 32.2. The van der Waals surface area contributed by atoms with E-state index in [0.717, 1.165) is 33.6 Å². The van der Waals surface area contributed by atoms with Gasteiger partial charge >= 0.3 is 5.97 Å². The predicted molar refractivity (Wildman–Crippen MR) is 185 cm³/mol. The fourth-order valence-corrected chi connectivity index (χ4v) is 6.75. The van der Waals surface area contributed by atoms with Gasteiger partial charge in [-0.15, -0.1) is 11.3 Å². The lowest BCUT2D eigenvalue weighted by Crippen LogP contribution is -2.54. The summed E-state index contributed by atoms with van der Waals surface area (Å²) in [6.45, 7) is 7.70. The van der Waals surface area contributed by atoms with Crippen molar-refractivity contribution in [2.45, 2.75) is 64.3 Å². The molecule has 1 aliphatic rings. The SMILES string of the molecule is C[C@@H](NC(O)[C@H](Cc1ccc(-c2ncc(-c3ccc4c(c3)Cc3ccccc3-4)cn2)cc1)NC(=O)c1ccc(C(C)(C)C)s1)C(=O)O. The van der Waals surface area contributed by atoms with Crippen molar-refractivity contribution in [1.82, 2.24) is 20.6 Å². The Morgan fingerprint density at radius 3 is 2.23 bits per heavy atom. The van der Waals surface area contributed by atoms with E-state index in [-0.39, 0.29) is 17.7 Å². The van der Waals surface area contributed by atoms with Crippen LogP contribution in [0.1, 0.15) is 58.9 Å². The van der Waals surface area contributed by atoms with Gasteiger partial charge in [0.25, 0.3) is 5.91 Å². The van der Waals surface area contributed by atoms with Crippen LogP contribution in [-0.4, -0.2) is 50.4 Å². The third-order valence-corrected chi connectivity index (χ3v) is 10.0. The van der Waals surface area contributed by atoms with Crippen molar-refractivity contribution in [2.75, 3.05) is 0 Å². The number of aliphatic carboxylic acids is 1. The fourth-order valence-electron chi connectivity index (χ4n) is 5.78. The van der Waals surface area contributed by atoms with Crippen LogP contribution < -0.4 is 10.6 Å². The number of nitrogens with zero attached hydrogens (tertiary/aromatic N) is 2. The summed E-state index contributed by atoms with van der Waals surface area (Å²) in [5, 5.41) is 25.9. The Balaban J connectivity index is 1.15. The second kappa shape index (κ2) is 13.2. The van der Waals surface area contributed by atoms with Gasteiger partial charge in [0.2, 0.25) is 0 Å². The molecule has 9 heteroatoms. The minimum Gasteiger partial charge on any atom is -0.480 e. The molecular formula is C38H38N4O4S. The molecule has 0 saturated carbocycles. The number of carboxylic acids is 1. The average molecular weight is 647 g/mol. The van der Waals surface area contributed by atoms with Gasteiger partial charge in [0.15, 0.2) is 5.82 Å². The maximum absolute atomic E-state index is 13.2. The van der Waals surface area contributed by atoms with Crippen LogP contribution >= 0.6 is 11.3 Å². The van der Waals surface area contributed by atoms with Crippen LogP contribution in [0.25, 0.3) is 33.6 Å². The van der Waals surface area contributed by atoms with Crippen molar-refractivity contribution in [3.8, 4) is 33.6 Å². The number of nitrogens with one attached hydrogen (secondary N) is 2. The van der Waals surface area contributed by atoms with Crippen molar-refractivity contribution >= 4 is 23.2 Å². The third-order valence-electron chi connectivity index (χ3n) is 8.50. The second-order valence-corrected chi connectivity index (χ2v) is 14.2. The summed E-state index contributed by atoms with van der Waals surface area (Å²) in [7, 11) is 0. The highest BCUT2D eigenvalue weighted by Gasteiger charge is 2.27. The first-order valence-electron chi connectivity index (χ1n) is 15.7. The van der Waals surface area contributed by atoms with Crippen molar-refractivity contribution in [1.29, 1.82) is 0 Å². The highest BCUT2D eigenvalue weighted by Crippen LogP contribution is 2.38. The summed E-state index contributed by atoms with van der Waals surface area (Å²) in [6, 6.07) is 24.6. The maximum Gasteiger partial charge on any atom is 0.320 e. The Kier molecular flexibility index (Phi) is 9.05. The number of rotatable bonds is 10. The van der Waals surface area contributed by atoms with Gasteiger partial charge in [0.1, 0.15) is 12.3 Å². The summed E-state index contributed by atoms with van der Waals surface area (Å²) in [5.74, 6) is -0.834. The van der Waals surface area contributed by atoms with Crippen LogP contribution in [0.15, 0.2) is 91.3 Å². The lowest BCUT2D eigenvalue weighted by molar-refractivity contribution is -0.140. The minimum atomic E-state index is -1.30. The van der Waals surface area contributed by atoms with Crippen LogP contribution in [-0.2, 0) is 23.1 Å². The number of aliphatic hydroxyl groups is 1. The van der Waals surface area contributed by atoms with E-state index >= 15 is 0 Å². The van der Waals surface area contributed by atoms with E-state index in [0.29, 0.717) is 10.7 Å². The third kappa shape index (κ3) is 7.17. The monoisotopic (exact) mass is 646 g/mol. The molecule has 47 heavy (non-hydrogen) atoms. The van der Waals surface area contributed by atoms with Gasteiger partial charge in [-0.1, -0.05) is 87.5 Å². The number of amides is 1. The molecule has 3 atom stereocenters. The Labute approximate surface area is 278 Å². The van der Waals surface area contributed by atoms with Crippen molar-refractivity contribution in [2.24, 2.45) is 0 Å². The zero-order chi connectivity index (χ0) is 33.3. The topological polar surface area (TPSA) is 124 Å². The summed E-state index contributed by atoms with van der Waals surface area (Å²) >= 11 is 1.41. The zero-order valence-corrected chi connectivity index (χ0v) is 27.6. The van der Waals surface area contributed by atoms with Gasteiger partial charge in [-0.2, -0.15) is 0 Å². The number of carbonyl (C=O) groups excluding carboxylic acids is 1. The highest BCUT2D eigenvalue weighted by molar-refractivity contribution is 7.14. The van der Waals surface area contributed by atoms with Crippen LogP contribution in [0.3, 0.4) is 0 Å². The number of carboxylic acid groups (broad SMARTS) is 1. The average Bonchev–Trinajstić information content (AvgIpc) is 3.70. The number of aliphatic hydroxyl groups excluding tert-OH is 1. The zero-order valence-electron chi connectivity index (χ0n) is 26.8. The van der Waals surface area contributed by atoms with Gasteiger partial charge in [0, 0.05) is 28.4 Å². The quantitative estimate of drug-likeness (QED) is 0.126. The first-order valence-corrected chi connectivity index (χ1v) is 16.5. The molecule has 5 aromatic rings. The Morgan fingerprint density at radius 1 is 0.872 bits per heavy atom. The Bertz CT molecular complexity index is 1910. The van der Waals surface area contributed by atoms with Gasteiger partial charge in [-0.25, -0.2) is 9.97 Å². The number of benzene rings is 3. The highest BCUT2D eigenvalue weighted by atomic mass is 32.1. The molecule has 2 heterocycles. The second-order valence-electron chi connectivity index (χ2n) is 13.1. The Morgan fingerprint density at radius 2 is 1.55 bits per heavy atom. The van der Waals surface area contributed by atoms with Gasteiger partial charge < -0.3 is 15.5 Å². The molecule has 1 aliphatic carbocycles. The van der Waals surface area contributed by atoms with E-state index in [9.17, 15) is 19.8 Å². The molecule has 0 saturated heterocycles. The number of aromatic nitrogens is 2. The normalized spacial score (nSPS) is 14.1. The number of carbonyl (C=O) groups is 2. The number of fused-ring (bicyclic) bond motifs is 3. The molecule has 4 N–H and O–H groups in total. The molecule has 1 amide bonds. The number of thiophene rings is 1. The van der Waals surface area contributed by atoms with Gasteiger partial charge in [-0.05, 0) is 70.7 Å². The standard InChI is InChI=1S/C38H38N4O4S/c1-22(37(45)46)41-35(43)31(42-36(44)32-15-16-33(47-32)38(2,3)4)17-23-9-11-24(12-10-23)34-39-20-28(21-40-34)25-13-14-30-27(18-25)19-26-7-5-6-8-29(26)30/h5-16,18,20-22,31,35,41,43H,17,19H2,1-4H3,(H,42,44)(H,45,46)/t22-,31+,35?/m1/s1. The molecule has 0 fully saturated rings. The van der Waals surface area contributed by atoms with Crippen LogP contribution in [0.2, 0.25) is 0 Å². The molecule has 6 rings (SSSR count). The van der Waals surface area contributed by atoms with Gasteiger partial charge in [0.05, 0.1) is 10.9 Å². The summed E-state index contributed by atoms with van der Waals surface area (Å²) in [6.07, 6.45) is 3.58. The predicted octanol–water partition coefficient (Wildman–Crippen LogP) is 6.46. The van der Waals surface area contributed by atoms with E-state index in [1.807, 2.05) is 42.7 Å². The summed E-state index contributed by atoms with van der Waals surface area (Å²) < 4.78 is 0. The Hall–Kier alpha value is -4.70. The molecule has 8 nitrogen and oxygen atoms in total. The van der Waals surface area contributed by atoms with Crippen molar-refractivity contribution in [3.63, 3.8) is 0 Å². The minimum absolute atomic E-state index is 0.0961. The number of hydrogen-bond acceptors (Lipinski definition) is 7. The molecule has 0 spiro atoms. The number of hydrogen-bond donors (Lipinski definition) is 4. The van der Waals surface area contributed by atoms with E-state index in [2.05, 4.69) is 83.8 Å². The van der Waals surface area contributed by atoms with Crippen LogP contribution in [0.4, 0.5) is 0 Å². The summed E-state index contributed by atoms with van der Waals surface area (Å²) in [4.78, 5) is 35.5. The summed E-state index contributed by atoms with van der Waals surface area (Å²) in [5.41, 5.74) is 8.84. The van der Waals surface area contributed by atoms with Crippen LogP contribution in [0, 0.1) is 0 Å². The fraction of sp³-hybridized carbons (Fsp3) is 0.263. The molecule has 240 valence electrons. The van der Waals surface area contributed by atoms with E-state index in [1.54, 1.807) is 6.07 Å². The molecule has 1 unspecified atom stereocenters. The molecule has 0 aliphatic heterocycles. The largest absolute Gasteiger partial charge is 0.480 e. The molecular weight excluding hydrogens is 609 g/mol.